The van der Waals surface area contributed by atoms with Crippen LogP contribution in [-0.4, -0.2) is 31.0 Å². The molecule has 1 aromatic rings. The van der Waals surface area contributed by atoms with Crippen molar-refractivity contribution in [2.24, 2.45) is 0 Å². The third kappa shape index (κ3) is 7.58. The number of hydrogen-bond acceptors (Lipinski definition) is 3. The summed E-state index contributed by atoms with van der Waals surface area (Å²) < 4.78 is 18.7. The first-order valence-electron chi connectivity index (χ1n) is 7.44. The van der Waals surface area contributed by atoms with Gasteiger partial charge in [0.2, 0.25) is 0 Å². The summed E-state index contributed by atoms with van der Waals surface area (Å²) in [4.78, 5) is 0. The lowest BCUT2D eigenvalue weighted by Crippen LogP contribution is -2.30. The number of unbranched alkanes of at least 4 members (excludes halogenated alkanes) is 3. The fourth-order valence-corrected chi connectivity index (χ4v) is 1.92. The van der Waals surface area contributed by atoms with Crippen LogP contribution in [0, 0.1) is 5.82 Å². The molecule has 0 spiro atoms. The van der Waals surface area contributed by atoms with Gasteiger partial charge >= 0.3 is 0 Å². The van der Waals surface area contributed by atoms with Gasteiger partial charge in [0.05, 0.1) is 12.7 Å². The van der Waals surface area contributed by atoms with E-state index in [0.29, 0.717) is 31.9 Å². The summed E-state index contributed by atoms with van der Waals surface area (Å²) >= 11 is 0. The van der Waals surface area contributed by atoms with E-state index in [9.17, 15) is 9.50 Å². The second kappa shape index (κ2) is 10.8. The van der Waals surface area contributed by atoms with Gasteiger partial charge in [-0.25, -0.2) is 4.39 Å². The Morgan fingerprint density at radius 1 is 1.25 bits per heavy atom. The molecule has 4 heteroatoms. The molecule has 0 saturated carbocycles. The molecule has 0 bridgehead atoms. The van der Waals surface area contributed by atoms with Crippen LogP contribution in [0.1, 0.15) is 38.2 Å². The highest BCUT2D eigenvalue weighted by Gasteiger charge is 2.05. The van der Waals surface area contributed by atoms with Crippen LogP contribution >= 0.6 is 0 Å². The third-order valence-corrected chi connectivity index (χ3v) is 3.11. The molecular weight excluding hydrogens is 257 g/mol. The van der Waals surface area contributed by atoms with E-state index in [1.165, 1.54) is 25.3 Å². The Labute approximate surface area is 121 Å². The van der Waals surface area contributed by atoms with Crippen molar-refractivity contribution in [1.29, 1.82) is 0 Å². The van der Waals surface area contributed by atoms with Crippen LogP contribution in [-0.2, 0) is 11.3 Å². The molecule has 2 N–H and O–H groups in total. The lowest BCUT2D eigenvalue weighted by molar-refractivity contribution is 0.0353. The van der Waals surface area contributed by atoms with Gasteiger partial charge in [0.1, 0.15) is 5.82 Å². The van der Waals surface area contributed by atoms with Crippen molar-refractivity contribution in [3.63, 3.8) is 0 Å². The van der Waals surface area contributed by atoms with Crippen LogP contribution in [0.15, 0.2) is 24.3 Å². The maximum Gasteiger partial charge on any atom is 0.127 e. The van der Waals surface area contributed by atoms with Crippen LogP contribution in [0.3, 0.4) is 0 Å². The molecule has 0 radical (unpaired) electrons. The molecule has 1 unspecified atom stereocenters. The van der Waals surface area contributed by atoms with E-state index in [4.69, 9.17) is 4.74 Å². The Balaban J connectivity index is 2.03. The zero-order valence-electron chi connectivity index (χ0n) is 12.3. The van der Waals surface area contributed by atoms with E-state index in [0.717, 1.165) is 6.42 Å². The van der Waals surface area contributed by atoms with Gasteiger partial charge < -0.3 is 15.2 Å². The number of rotatable bonds is 11. The van der Waals surface area contributed by atoms with Crippen LogP contribution < -0.4 is 5.32 Å². The molecule has 0 aliphatic rings. The number of benzene rings is 1. The standard InChI is InChI=1S/C16H26FNO2/c1-2-3-4-7-10-20-13-15(19)12-18-11-14-8-5-6-9-16(14)17/h5-6,8-9,15,18-19H,2-4,7,10-13H2,1H3. The summed E-state index contributed by atoms with van der Waals surface area (Å²) in [5, 5.41) is 12.8. The average molecular weight is 283 g/mol. The molecule has 0 fully saturated rings. The van der Waals surface area contributed by atoms with Gasteiger partial charge in [-0.15, -0.1) is 0 Å². The predicted molar refractivity (Wildman–Crippen MR) is 79.1 cm³/mol. The molecular formula is C16H26FNO2. The topological polar surface area (TPSA) is 41.5 Å². The summed E-state index contributed by atoms with van der Waals surface area (Å²) in [6.07, 6.45) is 4.12. The lowest BCUT2D eigenvalue weighted by Gasteiger charge is -2.12. The Kier molecular flexibility index (Phi) is 9.20. The van der Waals surface area contributed by atoms with Gasteiger partial charge in [-0.05, 0) is 12.5 Å². The SMILES string of the molecule is CCCCCCOCC(O)CNCc1ccccc1F. The molecule has 3 nitrogen and oxygen atoms in total. The second-order valence-corrected chi connectivity index (χ2v) is 5.01. The fourth-order valence-electron chi connectivity index (χ4n) is 1.92. The summed E-state index contributed by atoms with van der Waals surface area (Å²) in [5.41, 5.74) is 0.611. The molecule has 0 saturated heterocycles. The Morgan fingerprint density at radius 2 is 2.05 bits per heavy atom. The summed E-state index contributed by atoms with van der Waals surface area (Å²) in [7, 11) is 0. The number of ether oxygens (including phenoxy) is 1. The third-order valence-electron chi connectivity index (χ3n) is 3.11. The largest absolute Gasteiger partial charge is 0.389 e. The molecule has 1 rings (SSSR count). The van der Waals surface area contributed by atoms with Crippen LogP contribution in [0.2, 0.25) is 0 Å². The molecule has 0 amide bonds. The highest BCUT2D eigenvalue weighted by atomic mass is 19.1. The first-order valence-corrected chi connectivity index (χ1v) is 7.44. The minimum atomic E-state index is -0.548. The highest BCUT2D eigenvalue weighted by molar-refractivity contribution is 5.16. The normalized spacial score (nSPS) is 12.6. The predicted octanol–water partition coefficient (Wildman–Crippen LogP) is 2.87. The van der Waals surface area contributed by atoms with E-state index in [-0.39, 0.29) is 5.82 Å². The van der Waals surface area contributed by atoms with Gasteiger partial charge in [-0.3, -0.25) is 0 Å². The van der Waals surface area contributed by atoms with Crippen molar-refractivity contribution in [3.05, 3.63) is 35.6 Å². The molecule has 1 aromatic carbocycles. The number of aliphatic hydroxyl groups excluding tert-OH is 1. The van der Waals surface area contributed by atoms with E-state index in [1.54, 1.807) is 18.2 Å². The van der Waals surface area contributed by atoms with E-state index < -0.39 is 6.10 Å². The number of hydrogen-bond donors (Lipinski definition) is 2. The number of halogens is 1. The van der Waals surface area contributed by atoms with Crippen molar-refractivity contribution >= 4 is 0 Å². The minimum absolute atomic E-state index is 0.221. The van der Waals surface area contributed by atoms with Gasteiger partial charge in [0, 0.05) is 25.3 Å². The van der Waals surface area contributed by atoms with Crippen molar-refractivity contribution < 1.29 is 14.2 Å². The molecule has 0 aliphatic heterocycles. The van der Waals surface area contributed by atoms with Crippen molar-refractivity contribution in [2.75, 3.05) is 19.8 Å². The van der Waals surface area contributed by atoms with Gasteiger partial charge in [-0.1, -0.05) is 44.4 Å². The molecule has 20 heavy (non-hydrogen) atoms. The van der Waals surface area contributed by atoms with Gasteiger partial charge in [0.15, 0.2) is 0 Å². The van der Waals surface area contributed by atoms with Crippen molar-refractivity contribution in [2.45, 2.75) is 45.3 Å². The quantitative estimate of drug-likeness (QED) is 0.614. The smallest absolute Gasteiger partial charge is 0.127 e. The van der Waals surface area contributed by atoms with E-state index in [2.05, 4.69) is 12.2 Å². The summed E-state index contributed by atoms with van der Waals surface area (Å²) in [5.74, 6) is -0.221. The Bertz CT molecular complexity index is 360. The van der Waals surface area contributed by atoms with Crippen molar-refractivity contribution in [1.82, 2.24) is 5.32 Å². The summed E-state index contributed by atoms with van der Waals surface area (Å²) in [6.45, 7) is 4.02. The Morgan fingerprint density at radius 3 is 2.80 bits per heavy atom. The first-order chi connectivity index (χ1) is 9.74. The first kappa shape index (κ1) is 17.1. The summed E-state index contributed by atoms with van der Waals surface area (Å²) in [6, 6.07) is 6.64. The maximum atomic E-state index is 13.3. The lowest BCUT2D eigenvalue weighted by atomic mass is 10.2. The highest BCUT2D eigenvalue weighted by Crippen LogP contribution is 2.05. The molecule has 114 valence electrons. The second-order valence-electron chi connectivity index (χ2n) is 5.01. The number of aliphatic hydroxyl groups is 1. The van der Waals surface area contributed by atoms with Crippen LogP contribution in [0.5, 0.6) is 0 Å². The Hall–Kier alpha value is -0.970. The maximum absolute atomic E-state index is 13.3. The minimum Gasteiger partial charge on any atom is -0.389 e. The van der Waals surface area contributed by atoms with Gasteiger partial charge in [-0.2, -0.15) is 0 Å². The monoisotopic (exact) mass is 283 g/mol. The van der Waals surface area contributed by atoms with Crippen molar-refractivity contribution in [3.8, 4) is 0 Å². The van der Waals surface area contributed by atoms with Crippen LogP contribution in [0.25, 0.3) is 0 Å². The molecule has 0 aliphatic carbocycles. The van der Waals surface area contributed by atoms with E-state index in [1.807, 2.05) is 0 Å². The molecule has 0 aromatic heterocycles. The van der Waals surface area contributed by atoms with E-state index >= 15 is 0 Å². The van der Waals surface area contributed by atoms with Gasteiger partial charge in [0.25, 0.3) is 0 Å². The fraction of sp³-hybridized carbons (Fsp3) is 0.625. The molecule has 1 atom stereocenters. The van der Waals surface area contributed by atoms with Crippen LogP contribution in [0.4, 0.5) is 4.39 Å². The molecule has 0 heterocycles. The zero-order valence-corrected chi connectivity index (χ0v) is 12.3. The number of nitrogens with one attached hydrogen (secondary N) is 1. The zero-order chi connectivity index (χ0) is 14.6. The average Bonchev–Trinajstić information content (AvgIpc) is 2.45.